The second kappa shape index (κ2) is 7.26. The van der Waals surface area contributed by atoms with Gasteiger partial charge in [0, 0.05) is 0 Å². The van der Waals surface area contributed by atoms with Crippen molar-refractivity contribution in [1.82, 2.24) is 5.32 Å². The quantitative estimate of drug-likeness (QED) is 0.777. The highest BCUT2D eigenvalue weighted by molar-refractivity contribution is 5.72. The van der Waals surface area contributed by atoms with Crippen molar-refractivity contribution in [2.24, 2.45) is 0 Å². The first-order valence-electron chi connectivity index (χ1n) is 7.07. The van der Waals surface area contributed by atoms with Crippen molar-refractivity contribution < 1.29 is 24.5 Å². The Morgan fingerprint density at radius 2 is 1.86 bits per heavy atom. The van der Waals surface area contributed by atoms with Gasteiger partial charge in [-0.15, -0.1) is 0 Å². The number of hydrogen-bond acceptors (Lipinski definition) is 4. The van der Waals surface area contributed by atoms with Gasteiger partial charge in [0.25, 0.3) is 0 Å². The van der Waals surface area contributed by atoms with Crippen molar-refractivity contribution >= 4 is 12.1 Å². The van der Waals surface area contributed by atoms with E-state index in [9.17, 15) is 14.7 Å². The average Bonchev–Trinajstić information content (AvgIpc) is 2.35. The van der Waals surface area contributed by atoms with Crippen LogP contribution in [0.3, 0.4) is 0 Å². The highest BCUT2D eigenvalue weighted by Gasteiger charge is 2.22. The second-order valence-electron chi connectivity index (χ2n) is 6.14. The fourth-order valence-corrected chi connectivity index (χ4v) is 1.91. The van der Waals surface area contributed by atoms with Gasteiger partial charge in [0.1, 0.15) is 5.60 Å². The van der Waals surface area contributed by atoms with Crippen LogP contribution in [0.2, 0.25) is 0 Å². The van der Waals surface area contributed by atoms with E-state index < -0.39 is 29.8 Å². The third-order valence-electron chi connectivity index (χ3n) is 2.87. The van der Waals surface area contributed by atoms with Gasteiger partial charge in [0.05, 0.1) is 18.6 Å². The smallest absolute Gasteiger partial charge is 0.408 e. The topological polar surface area (TPSA) is 95.9 Å². The zero-order valence-corrected chi connectivity index (χ0v) is 13.3. The molecule has 1 aromatic rings. The first-order valence-corrected chi connectivity index (χ1v) is 7.07. The molecule has 22 heavy (non-hydrogen) atoms. The molecule has 0 spiro atoms. The van der Waals surface area contributed by atoms with Crippen LogP contribution in [0.25, 0.3) is 0 Å². The third-order valence-corrected chi connectivity index (χ3v) is 2.87. The number of benzene rings is 1. The number of carboxylic acids is 1. The molecule has 0 saturated carbocycles. The molecule has 1 amide bonds. The zero-order valence-electron chi connectivity index (χ0n) is 13.3. The number of amides is 1. The molecule has 0 heterocycles. The molecule has 0 aromatic heterocycles. The van der Waals surface area contributed by atoms with E-state index in [0.717, 1.165) is 0 Å². The fraction of sp³-hybridized carbons (Fsp3) is 0.500. The number of carboxylic acid groups (broad SMARTS) is 1. The Hall–Kier alpha value is -2.08. The van der Waals surface area contributed by atoms with Crippen LogP contribution in [-0.4, -0.2) is 27.9 Å². The molecule has 0 bridgehead atoms. The number of hydrogen-bond donors (Lipinski definition) is 3. The maximum absolute atomic E-state index is 11.9. The molecule has 122 valence electrons. The molecule has 1 rings (SSSR count). The van der Waals surface area contributed by atoms with Crippen molar-refractivity contribution in [3.8, 4) is 0 Å². The van der Waals surface area contributed by atoms with Crippen molar-refractivity contribution in [3.05, 3.63) is 35.4 Å². The summed E-state index contributed by atoms with van der Waals surface area (Å²) in [4.78, 5) is 22.9. The van der Waals surface area contributed by atoms with Crippen LogP contribution in [0.5, 0.6) is 0 Å². The summed E-state index contributed by atoms with van der Waals surface area (Å²) < 4.78 is 5.16. The van der Waals surface area contributed by atoms with Gasteiger partial charge in [0.2, 0.25) is 0 Å². The third kappa shape index (κ3) is 6.13. The first-order chi connectivity index (χ1) is 10.1. The van der Waals surface area contributed by atoms with Gasteiger partial charge >= 0.3 is 12.1 Å². The second-order valence-corrected chi connectivity index (χ2v) is 6.14. The van der Waals surface area contributed by atoms with E-state index >= 15 is 0 Å². The van der Waals surface area contributed by atoms with E-state index in [-0.39, 0.29) is 6.42 Å². The minimum atomic E-state index is -1.04. The summed E-state index contributed by atoms with van der Waals surface area (Å²) in [5.41, 5.74) is 0.588. The minimum Gasteiger partial charge on any atom is -0.481 e. The molecule has 0 aliphatic carbocycles. The number of nitrogens with one attached hydrogen (secondary N) is 1. The Bertz CT molecular complexity index is 534. The van der Waals surface area contributed by atoms with Gasteiger partial charge in [-0.3, -0.25) is 4.79 Å². The maximum Gasteiger partial charge on any atom is 0.408 e. The molecule has 0 fully saturated rings. The molecule has 0 aliphatic rings. The van der Waals surface area contributed by atoms with Crippen molar-refractivity contribution in [3.63, 3.8) is 0 Å². The highest BCUT2D eigenvalue weighted by Crippen LogP contribution is 2.22. The zero-order chi connectivity index (χ0) is 16.9. The van der Waals surface area contributed by atoms with E-state index in [2.05, 4.69) is 5.32 Å². The normalized spacial score (nSPS) is 14.0. The SMILES string of the molecule is CC(O)c1cccc(C(CC(=O)O)NC(=O)OC(C)(C)C)c1. The predicted octanol–water partition coefficient (Wildman–Crippen LogP) is 2.78. The average molecular weight is 309 g/mol. The fourth-order valence-electron chi connectivity index (χ4n) is 1.91. The summed E-state index contributed by atoms with van der Waals surface area (Å²) in [6, 6.07) is 6.10. The number of rotatable bonds is 5. The van der Waals surface area contributed by atoms with Crippen LogP contribution in [0, 0.1) is 0 Å². The Morgan fingerprint density at radius 1 is 1.27 bits per heavy atom. The lowest BCUT2D eigenvalue weighted by Crippen LogP contribution is -2.35. The Kier molecular flexibility index (Phi) is 5.93. The molecule has 3 N–H and O–H groups in total. The van der Waals surface area contributed by atoms with E-state index in [4.69, 9.17) is 9.84 Å². The summed E-state index contributed by atoms with van der Waals surface area (Å²) in [5.74, 6) is -1.04. The van der Waals surface area contributed by atoms with Crippen molar-refractivity contribution in [2.45, 2.75) is 51.9 Å². The van der Waals surface area contributed by atoms with Gasteiger partial charge < -0.3 is 20.3 Å². The molecule has 6 heteroatoms. The molecule has 6 nitrogen and oxygen atoms in total. The predicted molar refractivity (Wildman–Crippen MR) is 81.4 cm³/mol. The summed E-state index contributed by atoms with van der Waals surface area (Å²) >= 11 is 0. The number of alkyl carbamates (subject to hydrolysis) is 1. The van der Waals surface area contributed by atoms with Gasteiger partial charge in [-0.05, 0) is 38.8 Å². The lowest BCUT2D eigenvalue weighted by molar-refractivity contribution is -0.137. The lowest BCUT2D eigenvalue weighted by Gasteiger charge is -2.23. The summed E-state index contributed by atoms with van der Waals surface area (Å²) in [6.07, 6.45) is -1.63. The monoisotopic (exact) mass is 309 g/mol. The molecule has 1 aromatic carbocycles. The summed E-state index contributed by atoms with van der Waals surface area (Å²) in [6.45, 7) is 6.80. The first kappa shape index (κ1) is 18.0. The van der Waals surface area contributed by atoms with E-state index in [1.807, 2.05) is 0 Å². The van der Waals surface area contributed by atoms with Crippen LogP contribution in [-0.2, 0) is 9.53 Å². The Morgan fingerprint density at radius 3 is 2.36 bits per heavy atom. The van der Waals surface area contributed by atoms with Crippen molar-refractivity contribution in [2.75, 3.05) is 0 Å². The van der Waals surface area contributed by atoms with E-state index in [0.29, 0.717) is 11.1 Å². The van der Waals surface area contributed by atoms with Gasteiger partial charge in [-0.2, -0.15) is 0 Å². The number of aliphatic hydroxyl groups is 1. The highest BCUT2D eigenvalue weighted by atomic mass is 16.6. The van der Waals surface area contributed by atoms with Gasteiger partial charge in [0.15, 0.2) is 0 Å². The largest absolute Gasteiger partial charge is 0.481 e. The molecule has 2 atom stereocenters. The number of aliphatic hydroxyl groups excluding tert-OH is 1. The Labute approximate surface area is 130 Å². The van der Waals surface area contributed by atoms with Crippen LogP contribution in [0.4, 0.5) is 4.79 Å². The number of aliphatic carboxylic acids is 1. The number of carbonyl (C=O) groups is 2. The van der Waals surface area contributed by atoms with Crippen molar-refractivity contribution in [1.29, 1.82) is 0 Å². The van der Waals surface area contributed by atoms with Crippen LogP contribution in [0.1, 0.15) is 57.4 Å². The summed E-state index contributed by atoms with van der Waals surface area (Å²) in [5, 5.41) is 21.2. The molecular formula is C16H23NO5. The van der Waals surface area contributed by atoms with Gasteiger partial charge in [-0.1, -0.05) is 24.3 Å². The van der Waals surface area contributed by atoms with Gasteiger partial charge in [-0.25, -0.2) is 4.79 Å². The van der Waals surface area contributed by atoms with Crippen LogP contribution in [0.15, 0.2) is 24.3 Å². The standard InChI is InChI=1S/C16H23NO5/c1-10(18)11-6-5-7-12(8-11)13(9-14(19)20)17-15(21)22-16(2,3)4/h5-8,10,13,18H,9H2,1-4H3,(H,17,21)(H,19,20). The molecule has 0 saturated heterocycles. The molecule has 0 aliphatic heterocycles. The number of ether oxygens (including phenoxy) is 1. The maximum atomic E-state index is 11.9. The molecule has 2 unspecified atom stereocenters. The van der Waals surface area contributed by atoms with Crippen LogP contribution < -0.4 is 5.32 Å². The minimum absolute atomic E-state index is 0.275. The van der Waals surface area contributed by atoms with Crippen LogP contribution >= 0.6 is 0 Å². The Balaban J connectivity index is 2.95. The molecule has 0 radical (unpaired) electrons. The molecular weight excluding hydrogens is 286 g/mol. The number of carbonyl (C=O) groups excluding carboxylic acids is 1. The van der Waals surface area contributed by atoms with E-state index in [1.54, 1.807) is 52.0 Å². The lowest BCUT2D eigenvalue weighted by atomic mass is 9.99. The summed E-state index contributed by atoms with van der Waals surface area (Å²) in [7, 11) is 0. The van der Waals surface area contributed by atoms with E-state index in [1.165, 1.54) is 0 Å².